The standard InChI is InChI=1S/C15H20BrNO/c1-3-14(16)10-12-6-7-15-13(9-12)5-4-8-17(15)11(2)18/h6-7,9,14H,3-5,8,10H2,1-2H3. The summed E-state index contributed by atoms with van der Waals surface area (Å²) in [4.78, 5) is 14.0. The third-order valence-corrected chi connectivity index (χ3v) is 4.51. The van der Waals surface area contributed by atoms with Gasteiger partial charge < -0.3 is 4.90 Å². The minimum absolute atomic E-state index is 0.149. The predicted molar refractivity (Wildman–Crippen MR) is 79.5 cm³/mol. The van der Waals surface area contributed by atoms with Crippen LogP contribution in [0.5, 0.6) is 0 Å². The van der Waals surface area contributed by atoms with Crippen LogP contribution in [0, 0.1) is 0 Å². The molecular weight excluding hydrogens is 290 g/mol. The first-order valence-electron chi connectivity index (χ1n) is 6.65. The molecule has 3 heteroatoms. The number of aryl methyl sites for hydroxylation is 1. The second-order valence-electron chi connectivity index (χ2n) is 4.95. The molecule has 1 unspecified atom stereocenters. The Labute approximate surface area is 117 Å². The molecule has 1 aliphatic heterocycles. The summed E-state index contributed by atoms with van der Waals surface area (Å²) in [7, 11) is 0. The number of anilines is 1. The van der Waals surface area contributed by atoms with Crippen molar-refractivity contribution in [2.45, 2.75) is 44.4 Å². The quantitative estimate of drug-likeness (QED) is 0.780. The highest BCUT2D eigenvalue weighted by Crippen LogP contribution is 2.29. The Kier molecular flexibility index (Phi) is 4.44. The summed E-state index contributed by atoms with van der Waals surface area (Å²) in [5.41, 5.74) is 3.80. The fourth-order valence-electron chi connectivity index (χ4n) is 2.50. The molecule has 98 valence electrons. The van der Waals surface area contributed by atoms with Crippen LogP contribution < -0.4 is 4.90 Å². The van der Waals surface area contributed by atoms with E-state index in [1.54, 1.807) is 6.92 Å². The van der Waals surface area contributed by atoms with Gasteiger partial charge in [-0.3, -0.25) is 4.79 Å². The van der Waals surface area contributed by atoms with Crippen LogP contribution in [0.25, 0.3) is 0 Å². The van der Waals surface area contributed by atoms with E-state index in [1.165, 1.54) is 11.1 Å². The Morgan fingerprint density at radius 1 is 1.50 bits per heavy atom. The van der Waals surface area contributed by atoms with Crippen LogP contribution >= 0.6 is 15.9 Å². The molecule has 0 N–H and O–H groups in total. The zero-order chi connectivity index (χ0) is 13.1. The van der Waals surface area contributed by atoms with Gasteiger partial charge in [0, 0.05) is 24.0 Å². The van der Waals surface area contributed by atoms with Crippen LogP contribution in [0.1, 0.15) is 37.8 Å². The molecule has 0 spiro atoms. The predicted octanol–water partition coefficient (Wildman–Crippen LogP) is 3.70. The minimum atomic E-state index is 0.149. The summed E-state index contributed by atoms with van der Waals surface area (Å²) in [5, 5.41) is 0. The van der Waals surface area contributed by atoms with Gasteiger partial charge in [0.05, 0.1) is 0 Å². The van der Waals surface area contributed by atoms with Gasteiger partial charge in [-0.1, -0.05) is 35.0 Å². The van der Waals surface area contributed by atoms with Crippen LogP contribution in [-0.2, 0) is 17.6 Å². The average Bonchev–Trinajstić information content (AvgIpc) is 2.37. The van der Waals surface area contributed by atoms with E-state index < -0.39 is 0 Å². The Morgan fingerprint density at radius 3 is 2.94 bits per heavy atom. The van der Waals surface area contributed by atoms with E-state index in [-0.39, 0.29) is 5.91 Å². The summed E-state index contributed by atoms with van der Waals surface area (Å²) < 4.78 is 0. The van der Waals surface area contributed by atoms with Gasteiger partial charge in [0.1, 0.15) is 0 Å². The molecule has 1 amide bonds. The van der Waals surface area contributed by atoms with Gasteiger partial charge in [0.2, 0.25) is 5.91 Å². The maximum atomic E-state index is 11.6. The highest BCUT2D eigenvalue weighted by atomic mass is 79.9. The highest BCUT2D eigenvalue weighted by Gasteiger charge is 2.20. The number of hydrogen-bond donors (Lipinski definition) is 0. The molecule has 18 heavy (non-hydrogen) atoms. The molecule has 1 aromatic rings. The first-order chi connectivity index (χ1) is 8.61. The summed E-state index contributed by atoms with van der Waals surface area (Å²) in [5.74, 6) is 0.149. The molecule has 1 aliphatic rings. The molecule has 0 radical (unpaired) electrons. The number of carbonyl (C=O) groups is 1. The van der Waals surface area contributed by atoms with Gasteiger partial charge in [-0.25, -0.2) is 0 Å². The number of fused-ring (bicyclic) bond motifs is 1. The lowest BCUT2D eigenvalue weighted by Gasteiger charge is -2.29. The maximum absolute atomic E-state index is 11.6. The lowest BCUT2D eigenvalue weighted by Crippen LogP contribution is -2.33. The molecule has 0 aliphatic carbocycles. The molecule has 0 aromatic heterocycles. The van der Waals surface area contributed by atoms with E-state index in [2.05, 4.69) is 41.1 Å². The molecule has 2 nitrogen and oxygen atoms in total. The number of alkyl halides is 1. The second-order valence-corrected chi connectivity index (χ2v) is 6.24. The van der Waals surface area contributed by atoms with Crippen molar-refractivity contribution in [1.82, 2.24) is 0 Å². The Morgan fingerprint density at radius 2 is 2.28 bits per heavy atom. The summed E-state index contributed by atoms with van der Waals surface area (Å²) >= 11 is 3.68. The van der Waals surface area contributed by atoms with Crippen LogP contribution in [-0.4, -0.2) is 17.3 Å². The number of benzene rings is 1. The lowest BCUT2D eigenvalue weighted by molar-refractivity contribution is -0.116. The summed E-state index contributed by atoms with van der Waals surface area (Å²) in [6.45, 7) is 4.70. The number of amides is 1. The molecular formula is C15H20BrNO. The van der Waals surface area contributed by atoms with E-state index in [1.807, 2.05) is 4.90 Å². The van der Waals surface area contributed by atoms with Crippen LogP contribution in [0.2, 0.25) is 0 Å². The number of halogens is 1. The molecule has 0 bridgehead atoms. The smallest absolute Gasteiger partial charge is 0.223 e. The van der Waals surface area contributed by atoms with Crippen LogP contribution in [0.4, 0.5) is 5.69 Å². The van der Waals surface area contributed by atoms with Crippen molar-refractivity contribution < 1.29 is 4.79 Å². The number of carbonyl (C=O) groups excluding carboxylic acids is 1. The van der Waals surface area contributed by atoms with E-state index >= 15 is 0 Å². The molecule has 0 saturated carbocycles. The third kappa shape index (κ3) is 2.94. The largest absolute Gasteiger partial charge is 0.312 e. The van der Waals surface area contributed by atoms with E-state index in [0.29, 0.717) is 4.83 Å². The van der Waals surface area contributed by atoms with Gasteiger partial charge in [0.25, 0.3) is 0 Å². The topological polar surface area (TPSA) is 20.3 Å². The van der Waals surface area contributed by atoms with E-state index in [9.17, 15) is 4.79 Å². The molecule has 1 aromatic carbocycles. The van der Waals surface area contributed by atoms with Gasteiger partial charge in [-0.15, -0.1) is 0 Å². The number of nitrogens with zero attached hydrogens (tertiary/aromatic N) is 1. The SMILES string of the molecule is CCC(Br)Cc1ccc2c(c1)CCCN2C(C)=O. The van der Waals surface area contributed by atoms with Crippen molar-refractivity contribution in [1.29, 1.82) is 0 Å². The van der Waals surface area contributed by atoms with Gasteiger partial charge in [0.15, 0.2) is 0 Å². The molecule has 0 fully saturated rings. The molecule has 1 atom stereocenters. The van der Waals surface area contributed by atoms with Crippen LogP contribution in [0.15, 0.2) is 18.2 Å². The van der Waals surface area contributed by atoms with Gasteiger partial charge in [-0.2, -0.15) is 0 Å². The van der Waals surface area contributed by atoms with Gasteiger partial charge >= 0.3 is 0 Å². The maximum Gasteiger partial charge on any atom is 0.223 e. The Hall–Kier alpha value is -0.830. The number of hydrogen-bond acceptors (Lipinski definition) is 1. The molecule has 1 heterocycles. The average molecular weight is 310 g/mol. The third-order valence-electron chi connectivity index (χ3n) is 3.54. The normalized spacial score (nSPS) is 16.3. The zero-order valence-corrected chi connectivity index (χ0v) is 12.7. The fraction of sp³-hybridized carbons (Fsp3) is 0.533. The van der Waals surface area contributed by atoms with Crippen molar-refractivity contribution in [2.24, 2.45) is 0 Å². The van der Waals surface area contributed by atoms with Crippen molar-refractivity contribution in [3.63, 3.8) is 0 Å². The molecule has 0 saturated heterocycles. The number of rotatable bonds is 3. The first kappa shape index (κ1) is 13.6. The summed E-state index contributed by atoms with van der Waals surface area (Å²) in [6, 6.07) is 6.54. The van der Waals surface area contributed by atoms with Crippen LogP contribution in [0.3, 0.4) is 0 Å². The Balaban J connectivity index is 2.24. The fourth-order valence-corrected chi connectivity index (χ4v) is 2.88. The second kappa shape index (κ2) is 5.87. The van der Waals surface area contributed by atoms with E-state index in [4.69, 9.17) is 0 Å². The zero-order valence-electron chi connectivity index (χ0n) is 11.1. The van der Waals surface area contributed by atoms with Crippen molar-refractivity contribution >= 4 is 27.5 Å². The van der Waals surface area contributed by atoms with Gasteiger partial charge in [-0.05, 0) is 42.9 Å². The first-order valence-corrected chi connectivity index (χ1v) is 7.57. The Bertz CT molecular complexity index is 444. The molecule has 2 rings (SSSR count). The lowest BCUT2D eigenvalue weighted by atomic mass is 9.97. The van der Waals surface area contributed by atoms with Crippen molar-refractivity contribution in [2.75, 3.05) is 11.4 Å². The minimum Gasteiger partial charge on any atom is -0.312 e. The van der Waals surface area contributed by atoms with Crippen molar-refractivity contribution in [3.8, 4) is 0 Å². The summed E-state index contributed by atoms with van der Waals surface area (Å²) in [6.07, 6.45) is 4.36. The van der Waals surface area contributed by atoms with E-state index in [0.717, 1.165) is 37.9 Å². The van der Waals surface area contributed by atoms with Crippen molar-refractivity contribution in [3.05, 3.63) is 29.3 Å². The highest BCUT2D eigenvalue weighted by molar-refractivity contribution is 9.09. The monoisotopic (exact) mass is 309 g/mol.